The van der Waals surface area contributed by atoms with Crippen LogP contribution in [0.4, 0.5) is 0 Å². The van der Waals surface area contributed by atoms with Crippen molar-refractivity contribution in [2.75, 3.05) is 0 Å². The smallest absolute Gasteiger partial charge is 0.142 e. The highest BCUT2D eigenvalue weighted by molar-refractivity contribution is 9.10. The summed E-state index contributed by atoms with van der Waals surface area (Å²) in [7, 11) is 0. The number of halogens is 1. The van der Waals surface area contributed by atoms with E-state index >= 15 is 0 Å². The summed E-state index contributed by atoms with van der Waals surface area (Å²) in [5, 5.41) is 0. The van der Waals surface area contributed by atoms with Gasteiger partial charge in [-0.3, -0.25) is 4.98 Å². The Morgan fingerprint density at radius 3 is 2.83 bits per heavy atom. The molecule has 0 atom stereocenters. The highest BCUT2D eigenvalue weighted by atomic mass is 79.9. The predicted molar refractivity (Wildman–Crippen MR) is 75.3 cm³/mol. The van der Waals surface area contributed by atoms with Crippen molar-refractivity contribution in [1.29, 1.82) is 0 Å². The molecule has 94 valence electrons. The van der Waals surface area contributed by atoms with E-state index < -0.39 is 0 Å². The van der Waals surface area contributed by atoms with Crippen LogP contribution in [0, 0.1) is 6.92 Å². The van der Waals surface area contributed by atoms with Crippen LogP contribution < -0.4 is 10.5 Å². The number of rotatable bonds is 4. The Balaban J connectivity index is 2.10. The molecule has 0 aliphatic rings. The van der Waals surface area contributed by atoms with Gasteiger partial charge in [0.05, 0.1) is 5.69 Å². The molecular formula is C14H15BrN2O. The van der Waals surface area contributed by atoms with E-state index in [2.05, 4.69) is 20.9 Å². The summed E-state index contributed by atoms with van der Waals surface area (Å²) >= 11 is 3.44. The van der Waals surface area contributed by atoms with Crippen LogP contribution in [-0.2, 0) is 13.2 Å². The van der Waals surface area contributed by atoms with Crippen LogP contribution in [0.15, 0.2) is 40.9 Å². The lowest BCUT2D eigenvalue weighted by Crippen LogP contribution is -2.05. The summed E-state index contributed by atoms with van der Waals surface area (Å²) in [6.07, 6.45) is 0. The molecule has 2 N–H and O–H groups in total. The minimum absolute atomic E-state index is 0.384. The highest BCUT2D eigenvalue weighted by Crippen LogP contribution is 2.19. The fourth-order valence-electron chi connectivity index (χ4n) is 1.66. The van der Waals surface area contributed by atoms with Crippen molar-refractivity contribution in [3.05, 3.63) is 57.8 Å². The lowest BCUT2D eigenvalue weighted by atomic mass is 10.2. The summed E-state index contributed by atoms with van der Waals surface area (Å²) in [5.74, 6) is 0.753. The number of nitrogens with zero attached hydrogens (tertiary/aromatic N) is 1. The third-order valence-corrected chi connectivity index (χ3v) is 3.04. The fourth-order valence-corrected chi connectivity index (χ4v) is 2.11. The number of ether oxygens (including phenoxy) is 1. The van der Waals surface area contributed by atoms with E-state index in [1.807, 2.05) is 43.3 Å². The van der Waals surface area contributed by atoms with E-state index in [4.69, 9.17) is 10.5 Å². The van der Waals surface area contributed by atoms with Gasteiger partial charge in [0.2, 0.25) is 0 Å². The fraction of sp³-hybridized carbons (Fsp3) is 0.214. The SMILES string of the molecule is Cc1ccc(OCc2cccc(Br)c2)c(CN)n1. The number of hydrogen-bond acceptors (Lipinski definition) is 3. The van der Waals surface area contributed by atoms with Gasteiger partial charge in [0.15, 0.2) is 0 Å². The first-order chi connectivity index (χ1) is 8.69. The molecule has 3 nitrogen and oxygen atoms in total. The van der Waals surface area contributed by atoms with Crippen LogP contribution in [0.1, 0.15) is 17.0 Å². The maximum atomic E-state index is 5.76. The molecule has 0 radical (unpaired) electrons. The third-order valence-electron chi connectivity index (χ3n) is 2.55. The van der Waals surface area contributed by atoms with E-state index in [1.54, 1.807) is 0 Å². The Labute approximate surface area is 115 Å². The van der Waals surface area contributed by atoms with Gasteiger partial charge in [-0.1, -0.05) is 28.1 Å². The molecule has 2 aromatic rings. The van der Waals surface area contributed by atoms with Crippen LogP contribution in [-0.4, -0.2) is 4.98 Å². The molecule has 2 rings (SSSR count). The van der Waals surface area contributed by atoms with Crippen molar-refractivity contribution < 1.29 is 4.74 Å². The number of benzene rings is 1. The van der Waals surface area contributed by atoms with E-state index in [0.29, 0.717) is 13.2 Å². The van der Waals surface area contributed by atoms with Crippen LogP contribution >= 0.6 is 15.9 Å². The first-order valence-electron chi connectivity index (χ1n) is 5.73. The Morgan fingerprint density at radius 2 is 2.11 bits per heavy atom. The zero-order valence-electron chi connectivity index (χ0n) is 10.2. The molecule has 1 aromatic heterocycles. The van der Waals surface area contributed by atoms with Gasteiger partial charge in [0.1, 0.15) is 12.4 Å². The Hall–Kier alpha value is -1.39. The Bertz CT molecular complexity index is 543. The van der Waals surface area contributed by atoms with Crippen molar-refractivity contribution in [2.45, 2.75) is 20.1 Å². The van der Waals surface area contributed by atoms with Crippen molar-refractivity contribution >= 4 is 15.9 Å². The second-order valence-corrected chi connectivity index (χ2v) is 4.94. The van der Waals surface area contributed by atoms with Crippen molar-refractivity contribution in [1.82, 2.24) is 4.98 Å². The predicted octanol–water partition coefficient (Wildman–Crippen LogP) is 3.19. The minimum Gasteiger partial charge on any atom is -0.487 e. The Morgan fingerprint density at radius 1 is 1.28 bits per heavy atom. The second-order valence-electron chi connectivity index (χ2n) is 4.02. The van der Waals surface area contributed by atoms with Crippen LogP contribution in [0.2, 0.25) is 0 Å². The molecule has 0 amide bonds. The summed E-state index contributed by atoms with van der Waals surface area (Å²) in [6, 6.07) is 11.9. The largest absolute Gasteiger partial charge is 0.487 e. The quantitative estimate of drug-likeness (QED) is 0.943. The molecule has 4 heteroatoms. The molecule has 0 unspecified atom stereocenters. The maximum Gasteiger partial charge on any atom is 0.142 e. The highest BCUT2D eigenvalue weighted by Gasteiger charge is 2.04. The lowest BCUT2D eigenvalue weighted by Gasteiger charge is -2.10. The monoisotopic (exact) mass is 306 g/mol. The third kappa shape index (κ3) is 3.31. The van der Waals surface area contributed by atoms with E-state index in [-0.39, 0.29) is 0 Å². The second kappa shape index (κ2) is 5.98. The minimum atomic E-state index is 0.384. The first kappa shape index (κ1) is 13.1. The van der Waals surface area contributed by atoms with Crippen LogP contribution in [0.25, 0.3) is 0 Å². The van der Waals surface area contributed by atoms with Crippen molar-refractivity contribution in [3.8, 4) is 5.75 Å². The molecule has 0 fully saturated rings. The Kier molecular flexibility index (Phi) is 4.33. The molecule has 0 aliphatic carbocycles. The molecule has 0 spiro atoms. The van der Waals surface area contributed by atoms with E-state index in [1.165, 1.54) is 0 Å². The lowest BCUT2D eigenvalue weighted by molar-refractivity contribution is 0.301. The summed E-state index contributed by atoms with van der Waals surface area (Å²) in [4.78, 5) is 4.36. The summed E-state index contributed by atoms with van der Waals surface area (Å²) in [5.41, 5.74) is 8.51. The topological polar surface area (TPSA) is 48.1 Å². The van der Waals surface area contributed by atoms with Gasteiger partial charge in [-0.2, -0.15) is 0 Å². The standard InChI is InChI=1S/C14H15BrN2O/c1-10-5-6-14(13(8-16)17-10)18-9-11-3-2-4-12(15)7-11/h2-7H,8-9,16H2,1H3. The van der Waals surface area contributed by atoms with Crippen LogP contribution in [0.5, 0.6) is 5.75 Å². The van der Waals surface area contributed by atoms with Gasteiger partial charge >= 0.3 is 0 Å². The van der Waals surface area contributed by atoms with Gasteiger partial charge in [-0.15, -0.1) is 0 Å². The molecule has 1 aromatic carbocycles. The van der Waals surface area contributed by atoms with Gasteiger partial charge in [0, 0.05) is 16.7 Å². The molecule has 18 heavy (non-hydrogen) atoms. The van der Waals surface area contributed by atoms with Crippen LogP contribution in [0.3, 0.4) is 0 Å². The summed E-state index contributed by atoms with van der Waals surface area (Å²) in [6.45, 7) is 2.84. The molecular weight excluding hydrogens is 292 g/mol. The van der Waals surface area contributed by atoms with E-state index in [0.717, 1.165) is 27.2 Å². The van der Waals surface area contributed by atoms with Crippen molar-refractivity contribution in [2.24, 2.45) is 5.73 Å². The first-order valence-corrected chi connectivity index (χ1v) is 6.52. The van der Waals surface area contributed by atoms with E-state index in [9.17, 15) is 0 Å². The van der Waals surface area contributed by atoms with Gasteiger partial charge < -0.3 is 10.5 Å². The number of aryl methyl sites for hydroxylation is 1. The summed E-state index contributed by atoms with van der Waals surface area (Å²) < 4.78 is 6.81. The number of nitrogens with two attached hydrogens (primary N) is 1. The number of pyridine rings is 1. The van der Waals surface area contributed by atoms with Gasteiger partial charge in [-0.05, 0) is 36.8 Å². The zero-order chi connectivity index (χ0) is 13.0. The van der Waals surface area contributed by atoms with Gasteiger partial charge in [0.25, 0.3) is 0 Å². The molecule has 0 bridgehead atoms. The van der Waals surface area contributed by atoms with Crippen molar-refractivity contribution in [3.63, 3.8) is 0 Å². The normalized spacial score (nSPS) is 10.4. The number of hydrogen-bond donors (Lipinski definition) is 1. The number of aromatic nitrogens is 1. The molecule has 1 heterocycles. The van der Waals surface area contributed by atoms with Gasteiger partial charge in [-0.25, -0.2) is 0 Å². The molecule has 0 aliphatic heterocycles. The molecule has 0 saturated heterocycles. The average molecular weight is 307 g/mol. The zero-order valence-corrected chi connectivity index (χ0v) is 11.8. The molecule has 0 saturated carbocycles. The maximum absolute atomic E-state index is 5.76. The average Bonchev–Trinajstić information content (AvgIpc) is 2.37.